The number of aromatic nitrogens is 2. The first-order valence-corrected chi connectivity index (χ1v) is 7.39. The van der Waals surface area contributed by atoms with Crippen LogP contribution in [0.5, 0.6) is 0 Å². The summed E-state index contributed by atoms with van der Waals surface area (Å²) in [6.07, 6.45) is 0.928. The van der Waals surface area contributed by atoms with Gasteiger partial charge in [-0.2, -0.15) is 0 Å². The van der Waals surface area contributed by atoms with Gasteiger partial charge in [-0.05, 0) is 35.3 Å². The second kappa shape index (κ2) is 5.04. The van der Waals surface area contributed by atoms with Crippen LogP contribution < -0.4 is 0 Å². The molecule has 1 fully saturated rings. The molecule has 1 aliphatic heterocycles. The zero-order valence-corrected chi connectivity index (χ0v) is 12.7. The molecule has 3 rings (SSSR count). The van der Waals surface area contributed by atoms with Crippen molar-refractivity contribution in [3.8, 4) is 0 Å². The average Bonchev–Trinajstić information content (AvgIpc) is 2.96. The Morgan fingerprint density at radius 3 is 3.00 bits per heavy atom. The highest BCUT2D eigenvalue weighted by atomic mass is 79.9. The van der Waals surface area contributed by atoms with E-state index in [1.807, 2.05) is 6.92 Å². The molecule has 0 N–H and O–H groups in total. The van der Waals surface area contributed by atoms with Gasteiger partial charge >= 0.3 is 0 Å². The van der Waals surface area contributed by atoms with E-state index in [9.17, 15) is 4.39 Å². The van der Waals surface area contributed by atoms with Gasteiger partial charge in [-0.3, -0.25) is 0 Å². The normalized spacial score (nSPS) is 21.2. The van der Waals surface area contributed by atoms with Crippen LogP contribution in [0.3, 0.4) is 0 Å². The largest absolute Gasteiger partial charge is 0.379 e. The number of benzene rings is 1. The number of ether oxygens (including phenoxy) is 1. The van der Waals surface area contributed by atoms with Gasteiger partial charge in [-0.1, -0.05) is 0 Å². The van der Waals surface area contributed by atoms with Gasteiger partial charge in [-0.15, -0.1) is 11.6 Å². The van der Waals surface area contributed by atoms with E-state index >= 15 is 0 Å². The van der Waals surface area contributed by atoms with Gasteiger partial charge in [0, 0.05) is 12.7 Å². The van der Waals surface area contributed by atoms with Crippen molar-refractivity contribution in [3.05, 3.63) is 28.2 Å². The number of imidazole rings is 1. The van der Waals surface area contributed by atoms with Gasteiger partial charge in [0.2, 0.25) is 0 Å². The number of rotatable bonds is 2. The molecule has 6 heteroatoms. The maximum absolute atomic E-state index is 13.6. The van der Waals surface area contributed by atoms with Gasteiger partial charge in [-0.25, -0.2) is 9.37 Å². The fourth-order valence-corrected chi connectivity index (χ4v) is 2.98. The topological polar surface area (TPSA) is 27.1 Å². The lowest BCUT2D eigenvalue weighted by Crippen LogP contribution is -2.12. The van der Waals surface area contributed by atoms with Gasteiger partial charge in [0.1, 0.15) is 11.6 Å². The van der Waals surface area contributed by atoms with Crippen LogP contribution in [0, 0.1) is 5.82 Å². The van der Waals surface area contributed by atoms with Crippen LogP contribution in [-0.4, -0.2) is 22.8 Å². The Bertz CT molecular complexity index is 623. The molecule has 102 valence electrons. The Labute approximate surface area is 123 Å². The van der Waals surface area contributed by atoms with E-state index in [2.05, 4.69) is 25.5 Å². The molecule has 2 heterocycles. The number of hydrogen-bond acceptors (Lipinski definition) is 2. The second-order valence-corrected chi connectivity index (χ2v) is 6.24. The molecule has 2 atom stereocenters. The molecule has 0 spiro atoms. The van der Waals surface area contributed by atoms with Crippen molar-refractivity contribution in [2.75, 3.05) is 13.2 Å². The molecule has 1 aromatic carbocycles. The predicted octanol–water partition coefficient (Wildman–Crippen LogP) is 4.20. The molecule has 0 radical (unpaired) electrons. The highest BCUT2D eigenvalue weighted by Gasteiger charge is 2.25. The smallest absolute Gasteiger partial charge is 0.139 e. The highest BCUT2D eigenvalue weighted by Crippen LogP contribution is 2.33. The second-order valence-electron chi connectivity index (χ2n) is 4.73. The Hall–Kier alpha value is -0.650. The van der Waals surface area contributed by atoms with Crippen LogP contribution in [0.25, 0.3) is 11.0 Å². The summed E-state index contributed by atoms with van der Waals surface area (Å²) in [5.74, 6) is 0.457. The van der Waals surface area contributed by atoms with E-state index in [4.69, 9.17) is 16.3 Å². The van der Waals surface area contributed by atoms with Crippen LogP contribution in [0.15, 0.2) is 16.6 Å². The summed E-state index contributed by atoms with van der Waals surface area (Å²) < 4.78 is 21.6. The number of hydrogen-bond donors (Lipinski definition) is 0. The summed E-state index contributed by atoms with van der Waals surface area (Å²) in [6.45, 7) is 3.26. The molecule has 0 aliphatic carbocycles. The van der Waals surface area contributed by atoms with Gasteiger partial charge in [0.15, 0.2) is 0 Å². The average molecular weight is 348 g/mol. The third kappa shape index (κ3) is 2.28. The lowest BCUT2D eigenvalue weighted by atomic mass is 10.2. The van der Waals surface area contributed by atoms with E-state index < -0.39 is 0 Å². The molecule has 3 nitrogen and oxygen atoms in total. The highest BCUT2D eigenvalue weighted by molar-refractivity contribution is 9.10. The molecule has 0 saturated carbocycles. The van der Waals surface area contributed by atoms with Crippen molar-refractivity contribution in [3.63, 3.8) is 0 Å². The molecule has 1 aromatic heterocycles. The number of fused-ring (bicyclic) bond motifs is 1. The monoisotopic (exact) mass is 346 g/mol. The first-order valence-electron chi connectivity index (χ1n) is 6.16. The third-order valence-corrected chi connectivity index (χ3v) is 4.19. The van der Waals surface area contributed by atoms with Crippen molar-refractivity contribution in [1.82, 2.24) is 9.55 Å². The van der Waals surface area contributed by atoms with Crippen LogP contribution in [-0.2, 0) is 4.74 Å². The molecule has 2 aromatic rings. The fourth-order valence-electron chi connectivity index (χ4n) is 2.50. The maximum atomic E-state index is 13.6. The summed E-state index contributed by atoms with van der Waals surface area (Å²) in [4.78, 5) is 4.47. The molecular weight excluding hydrogens is 335 g/mol. The minimum Gasteiger partial charge on any atom is -0.379 e. The number of halogens is 3. The zero-order chi connectivity index (χ0) is 13.6. The Balaban J connectivity index is 2.25. The van der Waals surface area contributed by atoms with E-state index in [-0.39, 0.29) is 17.2 Å². The van der Waals surface area contributed by atoms with Crippen molar-refractivity contribution in [1.29, 1.82) is 0 Å². The zero-order valence-electron chi connectivity index (χ0n) is 10.4. The summed E-state index contributed by atoms with van der Waals surface area (Å²) in [5, 5.41) is -0.227. The first-order chi connectivity index (χ1) is 9.08. The van der Waals surface area contributed by atoms with E-state index in [0.29, 0.717) is 16.6 Å². The quantitative estimate of drug-likeness (QED) is 0.761. The lowest BCUT2D eigenvalue weighted by molar-refractivity contribution is 0.186. The minimum atomic E-state index is -0.311. The summed E-state index contributed by atoms with van der Waals surface area (Å²) in [5.41, 5.74) is 1.53. The molecular formula is C13H13BrClFN2O. The standard InChI is InChI=1S/C13H13BrClFN2O/c1-7(15)13-17-11-5-10(16)9(14)4-12(11)18(13)8-2-3-19-6-8/h4-5,7-8H,2-3,6H2,1H3. The molecule has 0 bridgehead atoms. The first kappa shape index (κ1) is 13.3. The maximum Gasteiger partial charge on any atom is 0.139 e. The Morgan fingerprint density at radius 1 is 1.58 bits per heavy atom. The Morgan fingerprint density at radius 2 is 2.37 bits per heavy atom. The lowest BCUT2D eigenvalue weighted by Gasteiger charge is -2.16. The SMILES string of the molecule is CC(Cl)c1nc2cc(F)c(Br)cc2n1C1CCOC1. The molecule has 0 amide bonds. The van der Waals surface area contributed by atoms with Crippen LogP contribution in [0.4, 0.5) is 4.39 Å². The van der Waals surface area contributed by atoms with Gasteiger partial charge in [0.25, 0.3) is 0 Å². The molecule has 1 aliphatic rings. The van der Waals surface area contributed by atoms with Crippen molar-refractivity contribution in [2.45, 2.75) is 24.8 Å². The fraction of sp³-hybridized carbons (Fsp3) is 0.462. The van der Waals surface area contributed by atoms with Gasteiger partial charge < -0.3 is 9.30 Å². The number of alkyl halides is 1. The van der Waals surface area contributed by atoms with Crippen molar-refractivity contribution in [2.24, 2.45) is 0 Å². The summed E-state index contributed by atoms with van der Waals surface area (Å²) in [6, 6.07) is 3.42. The third-order valence-electron chi connectivity index (χ3n) is 3.39. The summed E-state index contributed by atoms with van der Waals surface area (Å²) >= 11 is 9.43. The van der Waals surface area contributed by atoms with Crippen molar-refractivity contribution < 1.29 is 9.13 Å². The van der Waals surface area contributed by atoms with E-state index in [1.165, 1.54) is 6.07 Å². The van der Waals surface area contributed by atoms with E-state index in [1.54, 1.807) is 6.07 Å². The van der Waals surface area contributed by atoms with E-state index in [0.717, 1.165) is 24.4 Å². The van der Waals surface area contributed by atoms with Crippen LogP contribution in [0.2, 0.25) is 0 Å². The Kier molecular flexibility index (Phi) is 3.53. The molecule has 2 unspecified atom stereocenters. The number of nitrogens with zero attached hydrogens (tertiary/aromatic N) is 2. The predicted molar refractivity (Wildman–Crippen MR) is 76.1 cm³/mol. The van der Waals surface area contributed by atoms with Crippen molar-refractivity contribution >= 4 is 38.6 Å². The minimum absolute atomic E-state index is 0.221. The van der Waals surface area contributed by atoms with Crippen LogP contribution >= 0.6 is 27.5 Å². The van der Waals surface area contributed by atoms with Gasteiger partial charge in [0.05, 0.1) is 33.5 Å². The molecule has 19 heavy (non-hydrogen) atoms. The van der Waals surface area contributed by atoms with Crippen LogP contribution in [0.1, 0.15) is 30.6 Å². The summed E-state index contributed by atoms with van der Waals surface area (Å²) in [7, 11) is 0. The molecule has 1 saturated heterocycles.